The third-order valence-electron chi connectivity index (χ3n) is 3.36. The topological polar surface area (TPSA) is 29.9 Å². The number of rotatable bonds is 3. The first kappa shape index (κ1) is 12.5. The summed E-state index contributed by atoms with van der Waals surface area (Å²) < 4.78 is 3.35. The van der Waals surface area contributed by atoms with Crippen molar-refractivity contribution in [3.8, 4) is 0 Å². The number of halogens is 1. The van der Waals surface area contributed by atoms with Crippen LogP contribution in [0.15, 0.2) is 10.7 Å². The van der Waals surface area contributed by atoms with E-state index in [0.717, 1.165) is 4.47 Å². The van der Waals surface area contributed by atoms with Crippen LogP contribution in [0.2, 0.25) is 0 Å². The molecule has 1 aromatic heterocycles. The molecule has 0 spiro atoms. The fourth-order valence-electron chi connectivity index (χ4n) is 2.50. The molecule has 2 rings (SSSR count). The molecule has 1 aromatic rings. The van der Waals surface area contributed by atoms with Crippen molar-refractivity contribution < 1.29 is 0 Å². The van der Waals surface area contributed by atoms with E-state index in [1.165, 1.54) is 24.3 Å². The van der Waals surface area contributed by atoms with Crippen LogP contribution in [-0.2, 0) is 7.05 Å². The lowest BCUT2D eigenvalue weighted by Gasteiger charge is -2.33. The number of nitrogens with zero attached hydrogens (tertiary/aromatic N) is 2. The van der Waals surface area contributed by atoms with Gasteiger partial charge in [0.15, 0.2) is 0 Å². The van der Waals surface area contributed by atoms with Gasteiger partial charge < -0.3 is 5.32 Å². The van der Waals surface area contributed by atoms with Crippen molar-refractivity contribution in [2.75, 3.05) is 12.8 Å². The number of aryl methyl sites for hydroxylation is 1. The molecule has 2 atom stereocenters. The number of hydrogen-bond donors (Lipinski definition) is 1. The first-order valence-corrected chi connectivity index (χ1v) is 7.35. The number of aromatic nitrogens is 2. The minimum Gasteiger partial charge on any atom is -0.311 e. The van der Waals surface area contributed by atoms with Crippen LogP contribution in [0.25, 0.3) is 0 Å². The monoisotopic (exact) mass is 303 g/mol. The van der Waals surface area contributed by atoms with Gasteiger partial charge in [0, 0.05) is 11.8 Å². The zero-order valence-electron chi connectivity index (χ0n) is 9.96. The van der Waals surface area contributed by atoms with Gasteiger partial charge in [-0.05, 0) is 48.5 Å². The Morgan fingerprint density at radius 2 is 2.44 bits per heavy atom. The van der Waals surface area contributed by atoms with Gasteiger partial charge in [-0.25, -0.2) is 0 Å². The summed E-state index contributed by atoms with van der Waals surface area (Å²) >= 11 is 5.67. The van der Waals surface area contributed by atoms with Crippen molar-refractivity contribution in [3.63, 3.8) is 0 Å². The number of hydrogen-bond acceptors (Lipinski definition) is 3. The van der Waals surface area contributed by atoms with Crippen molar-refractivity contribution in [2.45, 2.75) is 30.6 Å². The maximum absolute atomic E-state index is 4.31. The molecule has 1 aliphatic rings. The molecule has 5 heteroatoms. The normalized spacial score (nSPS) is 27.2. The van der Waals surface area contributed by atoms with Crippen LogP contribution in [0.4, 0.5) is 0 Å². The Kier molecular flexibility index (Phi) is 3.66. The number of nitrogens with one attached hydrogen (secondary N) is 1. The number of thioether (sulfide) groups is 1. The van der Waals surface area contributed by atoms with Gasteiger partial charge in [0.25, 0.3) is 0 Å². The highest BCUT2D eigenvalue weighted by atomic mass is 79.9. The molecule has 0 radical (unpaired) electrons. The molecule has 1 fully saturated rings. The first-order valence-electron chi connectivity index (χ1n) is 5.57. The summed E-state index contributed by atoms with van der Waals surface area (Å²) in [5.74, 6) is 1.27. The Labute approximate surface area is 109 Å². The second-order valence-corrected chi connectivity index (χ2v) is 6.97. The minimum atomic E-state index is 0.283. The van der Waals surface area contributed by atoms with Gasteiger partial charge in [-0.1, -0.05) is 0 Å². The SMILES string of the molecule is CNC(c1c(Br)cnn1C)C1(C)CCCS1. The van der Waals surface area contributed by atoms with Gasteiger partial charge in [-0.2, -0.15) is 16.9 Å². The Morgan fingerprint density at radius 3 is 2.88 bits per heavy atom. The molecule has 0 saturated carbocycles. The second kappa shape index (κ2) is 4.70. The molecule has 2 heterocycles. The van der Waals surface area contributed by atoms with Gasteiger partial charge in [-0.3, -0.25) is 4.68 Å². The highest BCUT2D eigenvalue weighted by molar-refractivity contribution is 9.10. The summed E-state index contributed by atoms with van der Waals surface area (Å²) in [7, 11) is 4.04. The Hall–Kier alpha value is -0.000000000000000111. The zero-order chi connectivity index (χ0) is 11.8. The molecule has 16 heavy (non-hydrogen) atoms. The quantitative estimate of drug-likeness (QED) is 0.931. The molecule has 0 aromatic carbocycles. The average Bonchev–Trinajstić information content (AvgIpc) is 2.80. The standard InChI is InChI=1S/C11H18BrN3S/c1-11(5-4-6-16-11)10(13-2)9-8(12)7-14-15(9)3/h7,10,13H,4-6H2,1-3H3. The lowest BCUT2D eigenvalue weighted by Crippen LogP contribution is -2.37. The Morgan fingerprint density at radius 1 is 1.69 bits per heavy atom. The minimum absolute atomic E-state index is 0.283. The molecule has 0 bridgehead atoms. The van der Waals surface area contributed by atoms with Gasteiger partial charge in [0.05, 0.1) is 22.4 Å². The smallest absolute Gasteiger partial charge is 0.0706 e. The van der Waals surface area contributed by atoms with Crippen LogP contribution < -0.4 is 5.32 Å². The van der Waals surface area contributed by atoms with Crippen LogP contribution >= 0.6 is 27.7 Å². The van der Waals surface area contributed by atoms with E-state index in [1.807, 2.05) is 25.0 Å². The van der Waals surface area contributed by atoms with E-state index >= 15 is 0 Å². The van der Waals surface area contributed by atoms with Crippen molar-refractivity contribution in [1.82, 2.24) is 15.1 Å². The molecule has 2 unspecified atom stereocenters. The summed E-state index contributed by atoms with van der Waals surface area (Å²) in [6.07, 6.45) is 4.46. The van der Waals surface area contributed by atoms with E-state index in [9.17, 15) is 0 Å². The van der Waals surface area contributed by atoms with Crippen LogP contribution in [0.5, 0.6) is 0 Å². The van der Waals surface area contributed by atoms with Gasteiger partial charge in [-0.15, -0.1) is 0 Å². The van der Waals surface area contributed by atoms with Crippen LogP contribution in [0.1, 0.15) is 31.5 Å². The molecule has 0 amide bonds. The fourth-order valence-corrected chi connectivity index (χ4v) is 4.52. The maximum Gasteiger partial charge on any atom is 0.0706 e. The maximum atomic E-state index is 4.31. The Bertz CT molecular complexity index is 352. The van der Waals surface area contributed by atoms with Crippen LogP contribution in [0.3, 0.4) is 0 Å². The van der Waals surface area contributed by atoms with E-state index in [-0.39, 0.29) is 4.75 Å². The average molecular weight is 304 g/mol. The van der Waals surface area contributed by atoms with Crippen LogP contribution in [0, 0.1) is 0 Å². The van der Waals surface area contributed by atoms with E-state index in [2.05, 4.69) is 45.0 Å². The van der Waals surface area contributed by atoms with E-state index in [1.54, 1.807) is 0 Å². The lowest BCUT2D eigenvalue weighted by molar-refractivity contribution is 0.416. The van der Waals surface area contributed by atoms with Crippen molar-refractivity contribution in [2.24, 2.45) is 7.05 Å². The molecule has 1 saturated heterocycles. The summed E-state index contributed by atoms with van der Waals surface area (Å²) in [6, 6.07) is 0.349. The van der Waals surface area contributed by atoms with Crippen molar-refractivity contribution >= 4 is 27.7 Å². The predicted molar refractivity (Wildman–Crippen MR) is 72.8 cm³/mol. The summed E-state index contributed by atoms with van der Waals surface area (Å²) in [5.41, 5.74) is 1.25. The molecular formula is C11H18BrN3S. The van der Waals surface area contributed by atoms with Crippen molar-refractivity contribution in [1.29, 1.82) is 0 Å². The fraction of sp³-hybridized carbons (Fsp3) is 0.727. The van der Waals surface area contributed by atoms with Crippen LogP contribution in [-0.4, -0.2) is 27.3 Å². The molecule has 0 aliphatic carbocycles. The summed E-state index contributed by atoms with van der Waals surface area (Å²) in [6.45, 7) is 2.35. The molecule has 3 nitrogen and oxygen atoms in total. The zero-order valence-corrected chi connectivity index (χ0v) is 12.4. The lowest BCUT2D eigenvalue weighted by atomic mass is 9.93. The highest BCUT2D eigenvalue weighted by Gasteiger charge is 2.40. The summed E-state index contributed by atoms with van der Waals surface area (Å²) in [5, 5.41) is 7.76. The molecule has 1 aliphatic heterocycles. The van der Waals surface area contributed by atoms with E-state index in [0.29, 0.717) is 6.04 Å². The van der Waals surface area contributed by atoms with E-state index in [4.69, 9.17) is 0 Å². The highest BCUT2D eigenvalue weighted by Crippen LogP contribution is 2.47. The molecule has 90 valence electrons. The predicted octanol–water partition coefficient (Wildman–Crippen LogP) is 2.73. The van der Waals surface area contributed by atoms with Gasteiger partial charge in [0.2, 0.25) is 0 Å². The van der Waals surface area contributed by atoms with E-state index < -0.39 is 0 Å². The molecule has 1 N–H and O–H groups in total. The Balaban J connectivity index is 2.36. The third kappa shape index (κ3) is 2.05. The largest absolute Gasteiger partial charge is 0.311 e. The first-order chi connectivity index (χ1) is 7.58. The van der Waals surface area contributed by atoms with Crippen molar-refractivity contribution in [3.05, 3.63) is 16.4 Å². The molecular weight excluding hydrogens is 286 g/mol. The third-order valence-corrected chi connectivity index (χ3v) is 5.56. The summed E-state index contributed by atoms with van der Waals surface area (Å²) in [4.78, 5) is 0. The second-order valence-electron chi connectivity index (χ2n) is 4.49. The van der Waals surface area contributed by atoms with Gasteiger partial charge in [0.1, 0.15) is 0 Å². The van der Waals surface area contributed by atoms with Gasteiger partial charge >= 0.3 is 0 Å².